The highest BCUT2D eigenvalue weighted by Gasteiger charge is 2.20. The summed E-state index contributed by atoms with van der Waals surface area (Å²) in [7, 11) is 0. The zero-order valence-electron chi connectivity index (χ0n) is 11.3. The van der Waals surface area contributed by atoms with Crippen molar-refractivity contribution in [2.24, 2.45) is 0 Å². The molecule has 3 rings (SSSR count). The minimum atomic E-state index is -1.13. The Hall–Kier alpha value is -2.73. The number of rotatable bonds is 4. The summed E-state index contributed by atoms with van der Waals surface area (Å²) in [5.41, 5.74) is 1.86. The average Bonchev–Trinajstić information content (AvgIpc) is 2.92. The molecule has 0 spiro atoms. The molecule has 0 aliphatic carbocycles. The number of pyridine rings is 1. The molecule has 0 aliphatic heterocycles. The van der Waals surface area contributed by atoms with Crippen LogP contribution in [0.3, 0.4) is 0 Å². The molecule has 0 radical (unpaired) electrons. The molecule has 1 N–H and O–H groups in total. The van der Waals surface area contributed by atoms with Crippen molar-refractivity contribution in [3.63, 3.8) is 0 Å². The minimum absolute atomic E-state index is 0.102. The van der Waals surface area contributed by atoms with Gasteiger partial charge in [0.25, 0.3) is 0 Å². The number of carbonyl (C=O) groups is 1. The quantitative estimate of drug-likeness (QED) is 0.800. The molecule has 0 saturated heterocycles. The molecule has 3 aromatic rings. The van der Waals surface area contributed by atoms with Gasteiger partial charge in [0, 0.05) is 23.0 Å². The second-order valence-electron chi connectivity index (χ2n) is 4.62. The lowest BCUT2D eigenvalue weighted by Gasteiger charge is -2.07. The Bertz CT molecular complexity index is 817. The van der Waals surface area contributed by atoms with Gasteiger partial charge in [-0.05, 0) is 29.8 Å². The molecule has 0 bridgehead atoms. The van der Waals surface area contributed by atoms with E-state index in [1.807, 2.05) is 12.1 Å². The molecule has 7 heteroatoms. The van der Waals surface area contributed by atoms with E-state index in [-0.39, 0.29) is 5.69 Å². The number of benzene rings is 1. The van der Waals surface area contributed by atoms with Gasteiger partial charge in [-0.2, -0.15) is 0 Å². The second-order valence-corrected chi connectivity index (χ2v) is 5.06. The van der Waals surface area contributed by atoms with E-state index in [0.29, 0.717) is 22.8 Å². The fourth-order valence-electron chi connectivity index (χ4n) is 2.16. The van der Waals surface area contributed by atoms with E-state index in [1.54, 1.807) is 36.7 Å². The van der Waals surface area contributed by atoms with Crippen molar-refractivity contribution in [1.29, 1.82) is 0 Å². The standard InChI is InChI=1S/C15H11ClN4O2/c16-12-5-1-3-10(7-12)9-20-14(11-4-2-6-17-8-11)13(15(21)22)18-19-20/h1-8H,9H2,(H,21,22). The number of hydrogen-bond donors (Lipinski definition) is 1. The molecule has 0 unspecified atom stereocenters. The largest absolute Gasteiger partial charge is 0.476 e. The van der Waals surface area contributed by atoms with Crippen LogP contribution in [0.4, 0.5) is 0 Å². The number of carboxylic acid groups (broad SMARTS) is 1. The first-order valence-corrected chi connectivity index (χ1v) is 6.84. The summed E-state index contributed by atoms with van der Waals surface area (Å²) >= 11 is 5.97. The summed E-state index contributed by atoms with van der Waals surface area (Å²) in [5.74, 6) is -1.13. The van der Waals surface area contributed by atoms with Gasteiger partial charge >= 0.3 is 5.97 Å². The van der Waals surface area contributed by atoms with Crippen molar-refractivity contribution in [2.45, 2.75) is 6.54 Å². The van der Waals surface area contributed by atoms with Crippen LogP contribution in [0.25, 0.3) is 11.3 Å². The van der Waals surface area contributed by atoms with E-state index < -0.39 is 5.97 Å². The Kier molecular flexibility index (Phi) is 3.84. The van der Waals surface area contributed by atoms with Crippen molar-refractivity contribution in [3.05, 3.63) is 65.1 Å². The third kappa shape index (κ3) is 2.82. The lowest BCUT2D eigenvalue weighted by Crippen LogP contribution is -2.06. The maximum atomic E-state index is 11.4. The molecule has 0 amide bonds. The first kappa shape index (κ1) is 14.2. The number of aromatic carboxylic acids is 1. The molecule has 0 atom stereocenters. The Balaban J connectivity index is 2.07. The van der Waals surface area contributed by atoms with E-state index in [0.717, 1.165) is 5.56 Å². The summed E-state index contributed by atoms with van der Waals surface area (Å²) in [6, 6.07) is 10.8. The lowest BCUT2D eigenvalue weighted by molar-refractivity contribution is 0.0691. The Morgan fingerprint density at radius 2 is 2.14 bits per heavy atom. The Morgan fingerprint density at radius 1 is 1.27 bits per heavy atom. The smallest absolute Gasteiger partial charge is 0.358 e. The molecule has 110 valence electrons. The predicted molar refractivity (Wildman–Crippen MR) is 80.8 cm³/mol. The number of hydrogen-bond acceptors (Lipinski definition) is 4. The fraction of sp³-hybridized carbons (Fsp3) is 0.0667. The normalized spacial score (nSPS) is 10.6. The molecule has 2 aromatic heterocycles. The van der Waals surface area contributed by atoms with Gasteiger partial charge in [0.2, 0.25) is 0 Å². The van der Waals surface area contributed by atoms with Crippen LogP contribution in [0.5, 0.6) is 0 Å². The van der Waals surface area contributed by atoms with E-state index in [9.17, 15) is 9.90 Å². The van der Waals surface area contributed by atoms with Crippen LogP contribution in [-0.4, -0.2) is 31.1 Å². The van der Waals surface area contributed by atoms with Crippen LogP contribution >= 0.6 is 11.6 Å². The van der Waals surface area contributed by atoms with E-state index in [1.165, 1.54) is 4.68 Å². The molecule has 0 saturated carbocycles. The van der Waals surface area contributed by atoms with Crippen molar-refractivity contribution in [3.8, 4) is 11.3 Å². The molecular formula is C15H11ClN4O2. The zero-order chi connectivity index (χ0) is 15.5. The van der Waals surface area contributed by atoms with Crippen molar-refractivity contribution >= 4 is 17.6 Å². The molecule has 0 aliphatic rings. The molecule has 2 heterocycles. The van der Waals surface area contributed by atoms with E-state index in [2.05, 4.69) is 15.3 Å². The highest BCUT2D eigenvalue weighted by Crippen LogP contribution is 2.22. The first-order valence-electron chi connectivity index (χ1n) is 6.47. The van der Waals surface area contributed by atoms with Gasteiger partial charge in [-0.3, -0.25) is 4.98 Å². The first-order chi connectivity index (χ1) is 10.6. The summed E-state index contributed by atoms with van der Waals surface area (Å²) in [4.78, 5) is 15.4. The Morgan fingerprint density at radius 3 is 2.82 bits per heavy atom. The van der Waals surface area contributed by atoms with Gasteiger partial charge in [-0.15, -0.1) is 5.10 Å². The summed E-state index contributed by atoms with van der Waals surface area (Å²) in [5, 5.41) is 17.6. The molecule has 1 aromatic carbocycles. The summed E-state index contributed by atoms with van der Waals surface area (Å²) in [6.45, 7) is 0.366. The van der Waals surface area contributed by atoms with Crippen molar-refractivity contribution < 1.29 is 9.90 Å². The van der Waals surface area contributed by atoms with Crippen LogP contribution in [0.1, 0.15) is 16.1 Å². The van der Waals surface area contributed by atoms with Crippen LogP contribution < -0.4 is 0 Å². The second kappa shape index (κ2) is 5.95. The van der Waals surface area contributed by atoms with Crippen LogP contribution in [0.15, 0.2) is 48.8 Å². The number of carboxylic acids is 1. The number of halogens is 1. The molecular weight excluding hydrogens is 304 g/mol. The Labute approximate surface area is 131 Å². The zero-order valence-corrected chi connectivity index (χ0v) is 12.1. The van der Waals surface area contributed by atoms with E-state index in [4.69, 9.17) is 11.6 Å². The van der Waals surface area contributed by atoms with E-state index >= 15 is 0 Å². The number of aromatic nitrogens is 4. The molecule has 6 nitrogen and oxygen atoms in total. The third-order valence-corrected chi connectivity index (χ3v) is 3.33. The maximum absolute atomic E-state index is 11.4. The summed E-state index contributed by atoms with van der Waals surface area (Å²) in [6.07, 6.45) is 3.20. The molecule has 22 heavy (non-hydrogen) atoms. The highest BCUT2D eigenvalue weighted by molar-refractivity contribution is 6.30. The van der Waals surface area contributed by atoms with Gasteiger partial charge in [0.05, 0.1) is 6.54 Å². The number of nitrogens with zero attached hydrogens (tertiary/aromatic N) is 4. The fourth-order valence-corrected chi connectivity index (χ4v) is 2.38. The summed E-state index contributed by atoms with van der Waals surface area (Å²) < 4.78 is 1.53. The van der Waals surface area contributed by atoms with Gasteiger partial charge < -0.3 is 5.11 Å². The van der Waals surface area contributed by atoms with Crippen molar-refractivity contribution in [1.82, 2.24) is 20.0 Å². The van der Waals surface area contributed by atoms with Crippen LogP contribution in [-0.2, 0) is 6.54 Å². The minimum Gasteiger partial charge on any atom is -0.476 e. The van der Waals surface area contributed by atoms with Gasteiger partial charge in [0.1, 0.15) is 5.69 Å². The highest BCUT2D eigenvalue weighted by atomic mass is 35.5. The van der Waals surface area contributed by atoms with Crippen LogP contribution in [0.2, 0.25) is 5.02 Å². The molecule has 0 fully saturated rings. The monoisotopic (exact) mass is 314 g/mol. The lowest BCUT2D eigenvalue weighted by atomic mass is 10.1. The third-order valence-electron chi connectivity index (χ3n) is 3.09. The van der Waals surface area contributed by atoms with Crippen molar-refractivity contribution in [2.75, 3.05) is 0 Å². The van der Waals surface area contributed by atoms with Gasteiger partial charge in [0.15, 0.2) is 5.69 Å². The average molecular weight is 315 g/mol. The van der Waals surface area contributed by atoms with Crippen LogP contribution in [0, 0.1) is 0 Å². The maximum Gasteiger partial charge on any atom is 0.358 e. The topological polar surface area (TPSA) is 80.9 Å². The predicted octanol–water partition coefficient (Wildman–Crippen LogP) is 2.74. The SMILES string of the molecule is O=C(O)c1nnn(Cc2cccc(Cl)c2)c1-c1cccnc1. The van der Waals surface area contributed by atoms with Gasteiger partial charge in [-0.25, -0.2) is 9.48 Å². The van der Waals surface area contributed by atoms with Gasteiger partial charge in [-0.1, -0.05) is 28.9 Å².